The summed E-state index contributed by atoms with van der Waals surface area (Å²) >= 11 is 0. The van der Waals surface area contributed by atoms with Crippen molar-refractivity contribution in [3.63, 3.8) is 0 Å². The Balaban J connectivity index is 2.05. The molecule has 0 bridgehead atoms. The summed E-state index contributed by atoms with van der Waals surface area (Å²) in [6.45, 7) is 10.2. The number of likely N-dealkylation sites (N-methyl/N-ethyl adjacent to an activating group) is 1. The van der Waals surface area contributed by atoms with Crippen LogP contribution < -0.4 is 5.32 Å². The summed E-state index contributed by atoms with van der Waals surface area (Å²) in [5.41, 5.74) is 2.90. The molecule has 1 heterocycles. The van der Waals surface area contributed by atoms with Crippen molar-refractivity contribution in [1.82, 2.24) is 10.2 Å². The molecule has 1 N–H and O–H groups in total. The number of nitrogens with zero attached hydrogens (tertiary/aromatic N) is 1. The predicted octanol–water partition coefficient (Wildman–Crippen LogP) is 3.35. The van der Waals surface area contributed by atoms with Crippen molar-refractivity contribution in [1.29, 1.82) is 0 Å². The molecule has 2 nitrogen and oxygen atoms in total. The average Bonchev–Trinajstić information content (AvgIpc) is 2.42. The van der Waals surface area contributed by atoms with Gasteiger partial charge >= 0.3 is 0 Å². The van der Waals surface area contributed by atoms with Gasteiger partial charge in [0.15, 0.2) is 0 Å². The molecule has 2 heteroatoms. The lowest BCUT2D eigenvalue weighted by Crippen LogP contribution is -2.50. The maximum Gasteiger partial charge on any atom is 0.0250 e. The molecule has 0 aliphatic carbocycles. The zero-order valence-corrected chi connectivity index (χ0v) is 12.7. The molecule has 1 saturated heterocycles. The van der Waals surface area contributed by atoms with Crippen molar-refractivity contribution >= 4 is 0 Å². The lowest BCUT2D eigenvalue weighted by Gasteiger charge is -2.39. The number of hydrogen-bond acceptors (Lipinski definition) is 2. The minimum Gasteiger partial charge on any atom is -0.313 e. The Hall–Kier alpha value is -0.860. The van der Waals surface area contributed by atoms with Crippen molar-refractivity contribution in [2.45, 2.75) is 58.7 Å². The molecule has 106 valence electrons. The predicted molar refractivity (Wildman–Crippen MR) is 82.4 cm³/mol. The van der Waals surface area contributed by atoms with E-state index in [-0.39, 0.29) is 0 Å². The van der Waals surface area contributed by atoms with Gasteiger partial charge in [-0.1, -0.05) is 37.6 Å². The fourth-order valence-electron chi connectivity index (χ4n) is 3.24. The van der Waals surface area contributed by atoms with Gasteiger partial charge in [0.05, 0.1) is 0 Å². The van der Waals surface area contributed by atoms with Gasteiger partial charge in [0.25, 0.3) is 0 Å². The van der Waals surface area contributed by atoms with E-state index in [0.29, 0.717) is 12.1 Å². The maximum atomic E-state index is 3.60. The molecule has 1 aromatic rings. The van der Waals surface area contributed by atoms with Crippen LogP contribution in [0.2, 0.25) is 0 Å². The first-order valence-electron chi connectivity index (χ1n) is 7.74. The Kier molecular flexibility index (Phi) is 5.41. The minimum absolute atomic E-state index is 0.592. The van der Waals surface area contributed by atoms with Crippen LogP contribution in [0.25, 0.3) is 0 Å². The van der Waals surface area contributed by atoms with Gasteiger partial charge in [-0.15, -0.1) is 0 Å². The zero-order valence-electron chi connectivity index (χ0n) is 12.7. The van der Waals surface area contributed by atoms with Crippen LogP contribution in [0.3, 0.4) is 0 Å². The first-order chi connectivity index (χ1) is 9.22. The summed E-state index contributed by atoms with van der Waals surface area (Å²) in [4.78, 5) is 2.68. The maximum absolute atomic E-state index is 3.60. The number of benzene rings is 1. The zero-order chi connectivity index (χ0) is 13.7. The largest absolute Gasteiger partial charge is 0.313 e. The molecular weight excluding hydrogens is 232 g/mol. The van der Waals surface area contributed by atoms with Crippen molar-refractivity contribution in [3.05, 3.63) is 35.4 Å². The highest BCUT2D eigenvalue weighted by Gasteiger charge is 2.26. The van der Waals surface area contributed by atoms with Gasteiger partial charge in [0.2, 0.25) is 0 Å². The molecule has 0 amide bonds. The molecular formula is C17H28N2. The summed E-state index contributed by atoms with van der Waals surface area (Å²) in [5.74, 6) is 0. The second-order valence-electron chi connectivity index (χ2n) is 5.81. The topological polar surface area (TPSA) is 15.3 Å². The molecule has 2 unspecified atom stereocenters. The van der Waals surface area contributed by atoms with Gasteiger partial charge in [0.1, 0.15) is 0 Å². The van der Waals surface area contributed by atoms with Gasteiger partial charge < -0.3 is 5.32 Å². The summed E-state index contributed by atoms with van der Waals surface area (Å²) < 4.78 is 0. The van der Waals surface area contributed by atoms with E-state index in [2.05, 4.69) is 55.3 Å². The van der Waals surface area contributed by atoms with E-state index in [1.54, 1.807) is 0 Å². The molecule has 1 fully saturated rings. The number of rotatable bonds is 5. The van der Waals surface area contributed by atoms with Crippen molar-refractivity contribution in [3.8, 4) is 0 Å². The third-order valence-corrected chi connectivity index (χ3v) is 4.40. The number of aryl methyl sites for hydroxylation is 1. The Morgan fingerprint density at radius 1 is 1.32 bits per heavy atom. The summed E-state index contributed by atoms with van der Waals surface area (Å²) in [6, 6.07) is 10.1. The Labute approximate surface area is 118 Å². The summed E-state index contributed by atoms with van der Waals surface area (Å²) in [6.07, 6.45) is 4.06. The number of hydrogen-bond donors (Lipinski definition) is 1. The van der Waals surface area contributed by atoms with Crippen molar-refractivity contribution < 1.29 is 0 Å². The second kappa shape index (κ2) is 7.06. The molecule has 1 aliphatic heterocycles. The Morgan fingerprint density at radius 2 is 2.11 bits per heavy atom. The van der Waals surface area contributed by atoms with E-state index in [4.69, 9.17) is 0 Å². The van der Waals surface area contributed by atoms with E-state index in [0.717, 1.165) is 13.1 Å². The third kappa shape index (κ3) is 3.80. The van der Waals surface area contributed by atoms with E-state index < -0.39 is 0 Å². The molecule has 0 radical (unpaired) electrons. The van der Waals surface area contributed by atoms with Gasteiger partial charge in [-0.3, -0.25) is 4.90 Å². The van der Waals surface area contributed by atoms with Crippen LogP contribution in [-0.4, -0.2) is 30.1 Å². The van der Waals surface area contributed by atoms with Crippen LogP contribution in [0.4, 0.5) is 0 Å². The highest BCUT2D eigenvalue weighted by Crippen LogP contribution is 2.23. The second-order valence-corrected chi connectivity index (χ2v) is 5.81. The summed E-state index contributed by atoms with van der Waals surface area (Å²) in [7, 11) is 0. The van der Waals surface area contributed by atoms with Crippen LogP contribution in [-0.2, 0) is 6.54 Å². The van der Waals surface area contributed by atoms with Crippen LogP contribution in [0.15, 0.2) is 24.3 Å². The third-order valence-electron chi connectivity index (χ3n) is 4.40. The van der Waals surface area contributed by atoms with Crippen molar-refractivity contribution in [2.75, 3.05) is 13.1 Å². The highest BCUT2D eigenvalue weighted by atomic mass is 15.2. The number of nitrogens with one attached hydrogen (secondary N) is 1. The van der Waals surface area contributed by atoms with Crippen LogP contribution in [0.5, 0.6) is 0 Å². The number of piperidine rings is 1. The molecule has 0 spiro atoms. The Morgan fingerprint density at radius 3 is 2.84 bits per heavy atom. The first-order valence-corrected chi connectivity index (χ1v) is 7.74. The highest BCUT2D eigenvalue weighted by molar-refractivity contribution is 5.25. The van der Waals surface area contributed by atoms with E-state index in [1.807, 2.05) is 0 Å². The monoisotopic (exact) mass is 260 g/mol. The lowest BCUT2D eigenvalue weighted by molar-refractivity contribution is 0.112. The van der Waals surface area contributed by atoms with Crippen molar-refractivity contribution in [2.24, 2.45) is 0 Å². The quantitative estimate of drug-likeness (QED) is 0.873. The molecule has 1 aliphatic rings. The van der Waals surface area contributed by atoms with Gasteiger partial charge in [0, 0.05) is 18.6 Å². The van der Waals surface area contributed by atoms with Gasteiger partial charge in [-0.25, -0.2) is 0 Å². The average molecular weight is 260 g/mol. The van der Waals surface area contributed by atoms with E-state index in [9.17, 15) is 0 Å². The molecule has 2 rings (SSSR count). The van der Waals surface area contributed by atoms with Crippen LogP contribution in [0, 0.1) is 6.92 Å². The lowest BCUT2D eigenvalue weighted by atomic mass is 9.95. The SMILES string of the molecule is CCNC(C)C1CCCCN1Cc1ccccc1C. The molecule has 1 aromatic carbocycles. The normalized spacial score (nSPS) is 22.4. The van der Waals surface area contributed by atoms with Gasteiger partial charge in [-0.05, 0) is 50.9 Å². The molecule has 19 heavy (non-hydrogen) atoms. The minimum atomic E-state index is 0.592. The van der Waals surface area contributed by atoms with E-state index in [1.165, 1.54) is 36.9 Å². The fraction of sp³-hybridized carbons (Fsp3) is 0.647. The van der Waals surface area contributed by atoms with Gasteiger partial charge in [-0.2, -0.15) is 0 Å². The first kappa shape index (κ1) is 14.5. The number of likely N-dealkylation sites (tertiary alicyclic amines) is 1. The Bertz CT molecular complexity index is 389. The standard InChI is InChI=1S/C17H28N2/c1-4-18-15(3)17-11-7-8-12-19(17)13-16-10-6-5-9-14(16)2/h5-6,9-10,15,17-18H,4,7-8,11-13H2,1-3H3. The smallest absolute Gasteiger partial charge is 0.0250 e. The van der Waals surface area contributed by atoms with Crippen LogP contribution in [0.1, 0.15) is 44.2 Å². The molecule has 0 saturated carbocycles. The molecule has 0 aromatic heterocycles. The summed E-state index contributed by atoms with van der Waals surface area (Å²) in [5, 5.41) is 3.60. The fourth-order valence-corrected chi connectivity index (χ4v) is 3.24. The molecule has 2 atom stereocenters. The van der Waals surface area contributed by atoms with Crippen LogP contribution >= 0.6 is 0 Å². The van der Waals surface area contributed by atoms with E-state index >= 15 is 0 Å².